The van der Waals surface area contributed by atoms with Crippen molar-refractivity contribution in [3.05, 3.63) is 5.82 Å². The first-order chi connectivity index (χ1) is 5.79. The number of hydrogen-bond acceptors (Lipinski definition) is 6. The molecule has 0 spiro atoms. The first kappa shape index (κ1) is 6.89. The fourth-order valence-corrected chi connectivity index (χ4v) is 1.04. The average molecular weight is 167 g/mol. The summed E-state index contributed by atoms with van der Waals surface area (Å²) < 4.78 is 1.23. The molecule has 1 aliphatic heterocycles. The molecule has 64 valence electrons. The summed E-state index contributed by atoms with van der Waals surface area (Å²) in [4.78, 5) is 0. The second-order valence-electron chi connectivity index (χ2n) is 2.47. The Labute approximate surface area is 68.4 Å². The summed E-state index contributed by atoms with van der Waals surface area (Å²) in [6.07, 6.45) is 0.801. The third-order valence-corrected chi connectivity index (χ3v) is 1.67. The molecule has 1 aromatic rings. The van der Waals surface area contributed by atoms with Crippen LogP contribution in [0.4, 0.5) is 5.95 Å². The van der Waals surface area contributed by atoms with Crippen molar-refractivity contribution in [3.63, 3.8) is 0 Å². The third kappa shape index (κ3) is 0.865. The number of hydrogen-bond donors (Lipinski definition) is 3. The van der Waals surface area contributed by atoms with E-state index in [9.17, 15) is 0 Å². The lowest BCUT2D eigenvalue weighted by Gasteiger charge is -1.97. The lowest BCUT2D eigenvalue weighted by molar-refractivity contribution is 0.813. The molecule has 7 nitrogen and oxygen atoms in total. The zero-order chi connectivity index (χ0) is 8.55. The van der Waals surface area contributed by atoms with Crippen molar-refractivity contribution in [2.75, 3.05) is 18.1 Å². The average Bonchev–Trinajstić information content (AvgIpc) is 2.64. The van der Waals surface area contributed by atoms with Crippen LogP contribution >= 0.6 is 0 Å². The zero-order valence-electron chi connectivity index (χ0n) is 6.36. The van der Waals surface area contributed by atoms with E-state index in [0.29, 0.717) is 5.82 Å². The van der Waals surface area contributed by atoms with Crippen LogP contribution in [0.25, 0.3) is 0 Å². The number of anilines is 1. The molecule has 1 aliphatic rings. The molecule has 0 fully saturated rings. The Hall–Kier alpha value is -1.79. The largest absolute Gasteiger partial charge is 0.366 e. The number of nitrogens with one attached hydrogen (secondary N) is 1. The van der Waals surface area contributed by atoms with Gasteiger partial charge in [-0.2, -0.15) is 5.10 Å². The Balaban J connectivity index is 2.39. The summed E-state index contributed by atoms with van der Waals surface area (Å²) in [6, 6.07) is 0. The maximum Gasteiger partial charge on any atom is 0.241 e. The number of rotatable bonds is 1. The van der Waals surface area contributed by atoms with E-state index >= 15 is 0 Å². The van der Waals surface area contributed by atoms with Crippen LogP contribution in [-0.4, -0.2) is 27.1 Å². The minimum Gasteiger partial charge on any atom is -0.366 e. The van der Waals surface area contributed by atoms with Gasteiger partial charge >= 0.3 is 0 Å². The maximum absolute atomic E-state index is 5.54. The summed E-state index contributed by atoms with van der Waals surface area (Å²) >= 11 is 0. The van der Waals surface area contributed by atoms with Gasteiger partial charge in [0.05, 0.1) is 0 Å². The smallest absolute Gasteiger partial charge is 0.241 e. The van der Waals surface area contributed by atoms with Gasteiger partial charge in [-0.15, -0.1) is 10.2 Å². The highest BCUT2D eigenvalue weighted by Gasteiger charge is 2.16. The van der Waals surface area contributed by atoms with Crippen molar-refractivity contribution < 1.29 is 0 Å². The SMILES string of the molecule is Nc1nnc(C2=NNCC2)n1N. The van der Waals surface area contributed by atoms with Crippen LogP contribution in [0, 0.1) is 0 Å². The van der Waals surface area contributed by atoms with E-state index in [-0.39, 0.29) is 5.95 Å². The second-order valence-corrected chi connectivity index (χ2v) is 2.47. The van der Waals surface area contributed by atoms with Crippen molar-refractivity contribution in [1.82, 2.24) is 20.3 Å². The van der Waals surface area contributed by atoms with Crippen molar-refractivity contribution in [2.45, 2.75) is 6.42 Å². The molecule has 0 saturated carbocycles. The lowest BCUT2D eigenvalue weighted by atomic mass is 10.3. The number of aromatic nitrogens is 3. The molecule has 7 heteroatoms. The third-order valence-electron chi connectivity index (χ3n) is 1.67. The molecule has 2 rings (SSSR count). The molecular formula is C5H9N7. The van der Waals surface area contributed by atoms with E-state index in [4.69, 9.17) is 11.6 Å². The predicted molar refractivity (Wildman–Crippen MR) is 43.7 cm³/mol. The van der Waals surface area contributed by atoms with Crippen LogP contribution in [0.5, 0.6) is 0 Å². The normalized spacial score (nSPS) is 15.8. The standard InChI is InChI=1S/C5H9N7/c6-5-11-10-4(12(5)7)3-1-2-8-9-3/h8H,1-2,7H2,(H2,6,11). The minimum absolute atomic E-state index is 0.194. The van der Waals surface area contributed by atoms with E-state index < -0.39 is 0 Å². The second kappa shape index (κ2) is 2.36. The molecule has 0 amide bonds. The molecule has 0 atom stereocenters. The van der Waals surface area contributed by atoms with Crippen LogP contribution in [0.1, 0.15) is 12.2 Å². The summed E-state index contributed by atoms with van der Waals surface area (Å²) in [5, 5.41) is 11.4. The molecule has 5 N–H and O–H groups in total. The Kier molecular flexibility index (Phi) is 1.36. The fourth-order valence-electron chi connectivity index (χ4n) is 1.04. The van der Waals surface area contributed by atoms with Crippen LogP contribution in [0.15, 0.2) is 5.10 Å². The predicted octanol–water partition coefficient (Wildman–Crippen LogP) is -1.73. The summed E-state index contributed by atoms with van der Waals surface area (Å²) in [5.41, 5.74) is 9.01. The molecule has 2 heterocycles. The van der Waals surface area contributed by atoms with Gasteiger partial charge in [-0.1, -0.05) is 0 Å². The highest BCUT2D eigenvalue weighted by Crippen LogP contribution is 2.05. The minimum atomic E-state index is 0.194. The molecule has 0 aromatic carbocycles. The van der Waals surface area contributed by atoms with Crippen molar-refractivity contribution in [2.24, 2.45) is 5.10 Å². The van der Waals surface area contributed by atoms with Gasteiger partial charge in [0.25, 0.3) is 0 Å². The van der Waals surface area contributed by atoms with Gasteiger partial charge in [0.2, 0.25) is 5.95 Å². The molecule has 0 bridgehead atoms. The van der Waals surface area contributed by atoms with Crippen LogP contribution in [-0.2, 0) is 0 Å². The van der Waals surface area contributed by atoms with Gasteiger partial charge < -0.3 is 17.0 Å². The highest BCUT2D eigenvalue weighted by molar-refractivity contribution is 5.98. The zero-order valence-corrected chi connectivity index (χ0v) is 6.36. The Morgan fingerprint density at radius 2 is 2.25 bits per heavy atom. The number of nitrogens with zero attached hydrogens (tertiary/aromatic N) is 4. The number of hydrazone groups is 1. The van der Waals surface area contributed by atoms with E-state index in [1.165, 1.54) is 4.68 Å². The molecular weight excluding hydrogens is 158 g/mol. The van der Waals surface area contributed by atoms with Gasteiger partial charge in [0.15, 0.2) is 5.82 Å². The summed E-state index contributed by atoms with van der Waals surface area (Å²) in [6.45, 7) is 0.808. The number of nitrogens with two attached hydrogens (primary N) is 2. The molecule has 0 saturated heterocycles. The van der Waals surface area contributed by atoms with Gasteiger partial charge in [-0.3, -0.25) is 0 Å². The molecule has 1 aromatic heterocycles. The van der Waals surface area contributed by atoms with Gasteiger partial charge in [0.1, 0.15) is 5.71 Å². The highest BCUT2D eigenvalue weighted by atomic mass is 15.5. The van der Waals surface area contributed by atoms with Crippen LogP contribution in [0.2, 0.25) is 0 Å². The fraction of sp³-hybridized carbons (Fsp3) is 0.400. The molecule has 0 aliphatic carbocycles. The van der Waals surface area contributed by atoms with Gasteiger partial charge in [-0.05, 0) is 0 Å². The van der Waals surface area contributed by atoms with Crippen LogP contribution < -0.4 is 17.0 Å². The molecule has 0 unspecified atom stereocenters. The monoisotopic (exact) mass is 167 g/mol. The van der Waals surface area contributed by atoms with Crippen molar-refractivity contribution >= 4 is 11.7 Å². The van der Waals surface area contributed by atoms with Crippen LogP contribution in [0.3, 0.4) is 0 Å². The van der Waals surface area contributed by atoms with E-state index in [2.05, 4.69) is 20.7 Å². The van der Waals surface area contributed by atoms with Gasteiger partial charge in [0, 0.05) is 13.0 Å². The van der Waals surface area contributed by atoms with Gasteiger partial charge in [-0.25, -0.2) is 4.68 Å². The first-order valence-corrected chi connectivity index (χ1v) is 3.55. The Bertz CT molecular complexity index is 325. The topological polar surface area (TPSA) is 107 Å². The summed E-state index contributed by atoms with van der Waals surface area (Å²) in [5.74, 6) is 6.26. The lowest BCUT2D eigenvalue weighted by Crippen LogP contribution is -2.18. The van der Waals surface area contributed by atoms with Crippen molar-refractivity contribution in [3.8, 4) is 0 Å². The van der Waals surface area contributed by atoms with E-state index in [1.807, 2.05) is 0 Å². The molecule has 0 radical (unpaired) electrons. The van der Waals surface area contributed by atoms with E-state index in [0.717, 1.165) is 18.7 Å². The molecule has 12 heavy (non-hydrogen) atoms. The maximum atomic E-state index is 5.54. The van der Waals surface area contributed by atoms with Crippen molar-refractivity contribution in [1.29, 1.82) is 0 Å². The Morgan fingerprint density at radius 1 is 1.42 bits per heavy atom. The first-order valence-electron chi connectivity index (χ1n) is 3.55. The van der Waals surface area contributed by atoms with E-state index in [1.54, 1.807) is 0 Å². The summed E-state index contributed by atoms with van der Waals surface area (Å²) in [7, 11) is 0. The quantitative estimate of drug-likeness (QED) is 0.431. The number of nitrogen functional groups attached to an aromatic ring is 2. The Morgan fingerprint density at radius 3 is 2.75 bits per heavy atom.